The minimum absolute atomic E-state index is 0.400. The van der Waals surface area contributed by atoms with E-state index >= 15 is 0 Å². The maximum Gasteiger partial charge on any atom is 0.148 e. The lowest BCUT2D eigenvalue weighted by Crippen LogP contribution is -2.43. The van der Waals surface area contributed by atoms with Gasteiger partial charge in [0.25, 0.3) is 0 Å². The van der Waals surface area contributed by atoms with Gasteiger partial charge in [-0.1, -0.05) is 0 Å². The monoisotopic (exact) mass is 221 g/mol. The number of nitrogens with zero attached hydrogens (tertiary/aromatic N) is 3. The van der Waals surface area contributed by atoms with Gasteiger partial charge < -0.3 is 10.7 Å². The summed E-state index contributed by atoms with van der Waals surface area (Å²) in [5.41, 5.74) is 10.5. The molecule has 1 aromatic heterocycles. The highest BCUT2D eigenvalue weighted by atomic mass is 15.8. The summed E-state index contributed by atoms with van der Waals surface area (Å²) in [7, 11) is 0. The van der Waals surface area contributed by atoms with E-state index in [2.05, 4.69) is 20.5 Å². The second-order valence-electron chi connectivity index (χ2n) is 3.64. The number of nitrogens with two attached hydrogens (primary N) is 2. The molecule has 16 heavy (non-hydrogen) atoms. The first-order valence-corrected chi connectivity index (χ1v) is 5.00. The number of hydrazine groups is 2. The number of rotatable bonds is 3. The van der Waals surface area contributed by atoms with Gasteiger partial charge in [0.15, 0.2) is 0 Å². The van der Waals surface area contributed by atoms with E-state index in [-0.39, 0.29) is 0 Å². The number of hydrogen-bond acceptors (Lipinski definition) is 6. The molecule has 7 heteroatoms. The number of nitrogens with one attached hydrogen (secondary N) is 2. The molecule has 0 radical (unpaired) electrons. The smallest absolute Gasteiger partial charge is 0.148 e. The van der Waals surface area contributed by atoms with E-state index < -0.39 is 0 Å². The molecule has 1 aromatic rings. The Morgan fingerprint density at radius 3 is 2.88 bits per heavy atom. The van der Waals surface area contributed by atoms with Gasteiger partial charge in [-0.2, -0.15) is 0 Å². The van der Waals surface area contributed by atoms with Crippen molar-refractivity contribution < 1.29 is 0 Å². The van der Waals surface area contributed by atoms with E-state index in [0.717, 1.165) is 35.3 Å². The molecule has 1 aliphatic rings. The Balaban J connectivity index is 1.93. The molecule has 0 aliphatic carbocycles. The van der Waals surface area contributed by atoms with Crippen molar-refractivity contribution in [3.63, 3.8) is 0 Å². The Bertz CT molecular complexity index is 431. The number of imidazole rings is 1. The van der Waals surface area contributed by atoms with Crippen molar-refractivity contribution >= 4 is 5.84 Å². The van der Waals surface area contributed by atoms with Gasteiger partial charge in [-0.05, 0) is 19.8 Å². The van der Waals surface area contributed by atoms with Crippen LogP contribution in [0.15, 0.2) is 23.1 Å². The minimum atomic E-state index is 0.400. The summed E-state index contributed by atoms with van der Waals surface area (Å²) in [6.07, 6.45) is 5.25. The number of hydrazone groups is 1. The van der Waals surface area contributed by atoms with Crippen molar-refractivity contribution in [1.82, 2.24) is 20.6 Å². The predicted octanol–water partition coefficient (Wildman–Crippen LogP) is -0.499. The van der Waals surface area contributed by atoms with Crippen LogP contribution in [0.1, 0.15) is 17.9 Å². The maximum absolute atomic E-state index is 5.58. The van der Waals surface area contributed by atoms with Crippen LogP contribution in [-0.4, -0.2) is 21.0 Å². The highest BCUT2D eigenvalue weighted by Crippen LogP contribution is 2.07. The van der Waals surface area contributed by atoms with Gasteiger partial charge in [0.2, 0.25) is 0 Å². The molecule has 2 heterocycles. The van der Waals surface area contributed by atoms with Crippen molar-refractivity contribution in [2.24, 2.45) is 16.7 Å². The summed E-state index contributed by atoms with van der Waals surface area (Å²) < 4.78 is 0. The molecule has 6 N–H and O–H groups in total. The molecule has 0 amide bonds. The van der Waals surface area contributed by atoms with Crippen LogP contribution < -0.4 is 17.0 Å². The second kappa shape index (κ2) is 4.23. The molecule has 0 saturated heterocycles. The summed E-state index contributed by atoms with van der Waals surface area (Å²) in [4.78, 5) is 7.30. The molecule has 0 bridgehead atoms. The van der Waals surface area contributed by atoms with E-state index in [0.29, 0.717) is 5.84 Å². The molecule has 86 valence electrons. The lowest BCUT2D eigenvalue weighted by molar-refractivity contribution is 0.221. The fourth-order valence-electron chi connectivity index (χ4n) is 1.53. The van der Waals surface area contributed by atoms with E-state index in [9.17, 15) is 0 Å². The van der Waals surface area contributed by atoms with Gasteiger partial charge in [-0.3, -0.25) is 5.43 Å². The Hall–Kier alpha value is -2.02. The second-order valence-corrected chi connectivity index (χ2v) is 3.64. The number of aryl methyl sites for hydroxylation is 2. The first-order valence-electron chi connectivity index (χ1n) is 5.00. The molecule has 0 spiro atoms. The third-order valence-corrected chi connectivity index (χ3v) is 2.22. The maximum atomic E-state index is 5.58. The van der Waals surface area contributed by atoms with Crippen LogP contribution in [0.5, 0.6) is 0 Å². The van der Waals surface area contributed by atoms with Gasteiger partial charge >= 0.3 is 0 Å². The zero-order valence-electron chi connectivity index (χ0n) is 9.07. The average Bonchev–Trinajstić information content (AvgIpc) is 2.60. The molecule has 0 saturated carbocycles. The van der Waals surface area contributed by atoms with Crippen LogP contribution in [0.25, 0.3) is 0 Å². The van der Waals surface area contributed by atoms with Gasteiger partial charge in [-0.15, -0.1) is 10.3 Å². The van der Waals surface area contributed by atoms with Crippen LogP contribution in [0.4, 0.5) is 0 Å². The molecule has 1 aliphatic heterocycles. The number of allylic oxidation sites excluding steroid dienone is 1. The molecule has 7 nitrogen and oxygen atoms in total. The van der Waals surface area contributed by atoms with E-state index in [1.54, 1.807) is 6.08 Å². The van der Waals surface area contributed by atoms with E-state index in [4.69, 9.17) is 11.6 Å². The van der Waals surface area contributed by atoms with Crippen molar-refractivity contribution in [3.8, 4) is 0 Å². The summed E-state index contributed by atoms with van der Waals surface area (Å²) in [6.45, 7) is 1.92. The predicted molar refractivity (Wildman–Crippen MR) is 60.5 cm³/mol. The summed E-state index contributed by atoms with van der Waals surface area (Å²) in [5, 5.41) is 4.90. The van der Waals surface area contributed by atoms with Gasteiger partial charge in [-0.25, -0.2) is 10.8 Å². The normalized spacial score (nSPS) is 15.5. The third kappa shape index (κ3) is 2.51. The lowest BCUT2D eigenvalue weighted by Gasteiger charge is -2.21. The molecule has 0 fully saturated rings. The Labute approximate surface area is 93.1 Å². The van der Waals surface area contributed by atoms with E-state index in [1.165, 1.54) is 0 Å². The van der Waals surface area contributed by atoms with Crippen LogP contribution in [0.3, 0.4) is 0 Å². The van der Waals surface area contributed by atoms with Crippen LogP contribution in [0.2, 0.25) is 0 Å². The zero-order valence-corrected chi connectivity index (χ0v) is 9.07. The van der Waals surface area contributed by atoms with Gasteiger partial charge in [0.05, 0.1) is 0 Å². The molecule has 0 unspecified atom stereocenters. The van der Waals surface area contributed by atoms with Crippen molar-refractivity contribution in [2.75, 3.05) is 0 Å². The number of H-pyrrole nitrogens is 1. The average molecular weight is 221 g/mol. The summed E-state index contributed by atoms with van der Waals surface area (Å²) in [5.74, 6) is 6.80. The number of hydrogen-bond donors (Lipinski definition) is 4. The van der Waals surface area contributed by atoms with Gasteiger partial charge in [0.1, 0.15) is 11.7 Å². The molecular formula is C9H15N7. The Kier molecular flexibility index (Phi) is 2.78. The van der Waals surface area contributed by atoms with Gasteiger partial charge in [0, 0.05) is 23.7 Å². The highest BCUT2D eigenvalue weighted by molar-refractivity contribution is 5.92. The topological polar surface area (TPSA) is 108 Å². The third-order valence-electron chi connectivity index (χ3n) is 2.22. The zero-order chi connectivity index (χ0) is 11.5. The number of aromatic nitrogens is 2. The highest BCUT2D eigenvalue weighted by Gasteiger charge is 2.08. The van der Waals surface area contributed by atoms with Crippen LogP contribution in [-0.2, 0) is 6.42 Å². The van der Waals surface area contributed by atoms with E-state index in [1.807, 2.05) is 13.1 Å². The lowest BCUT2D eigenvalue weighted by atomic mass is 10.2. The van der Waals surface area contributed by atoms with Crippen LogP contribution >= 0.6 is 0 Å². The Morgan fingerprint density at radius 1 is 1.44 bits per heavy atom. The summed E-state index contributed by atoms with van der Waals surface area (Å²) >= 11 is 0. The minimum Gasteiger partial charge on any atom is -0.382 e. The molecule has 2 rings (SSSR count). The SMILES string of the molecule is Cc1ncc(CCC2=CC(N)=NN(N)N2)[nH]1. The Morgan fingerprint density at radius 2 is 2.25 bits per heavy atom. The fourth-order valence-corrected chi connectivity index (χ4v) is 1.53. The standard InChI is InChI=1S/C9H15N7/c1-6-12-5-8(13-6)3-2-7-4-9(10)15-16(11)14-7/h4-5,14H,2-3,11H2,1H3,(H2,10,15)(H,12,13). The molecule has 0 aromatic carbocycles. The fraction of sp³-hybridized carbons (Fsp3) is 0.333. The van der Waals surface area contributed by atoms with Crippen molar-refractivity contribution in [3.05, 3.63) is 29.5 Å². The van der Waals surface area contributed by atoms with Crippen molar-refractivity contribution in [2.45, 2.75) is 19.8 Å². The quantitative estimate of drug-likeness (QED) is 0.515. The molecule has 0 atom stereocenters. The molecular weight excluding hydrogens is 206 g/mol. The van der Waals surface area contributed by atoms with Crippen molar-refractivity contribution in [1.29, 1.82) is 0 Å². The largest absolute Gasteiger partial charge is 0.382 e. The first-order chi connectivity index (χ1) is 7.63. The number of amidine groups is 1. The summed E-state index contributed by atoms with van der Waals surface area (Å²) in [6, 6.07) is 0. The first kappa shape index (κ1) is 10.5. The number of aromatic amines is 1. The van der Waals surface area contributed by atoms with Crippen LogP contribution in [0, 0.1) is 6.92 Å².